The third-order valence-electron chi connectivity index (χ3n) is 4.23. The summed E-state index contributed by atoms with van der Waals surface area (Å²) in [5, 5.41) is 10.0. The molecule has 120 valence electrons. The van der Waals surface area contributed by atoms with Crippen LogP contribution in [0, 0.1) is 11.3 Å². The molecule has 0 unspecified atom stereocenters. The van der Waals surface area contributed by atoms with Gasteiger partial charge >= 0.3 is 0 Å². The molecule has 0 bridgehead atoms. The Kier molecular flexibility index (Phi) is 3.97. The van der Waals surface area contributed by atoms with E-state index in [0.29, 0.717) is 12.0 Å². The maximum Gasteiger partial charge on any atom is 0.114 e. The van der Waals surface area contributed by atoms with E-state index in [4.69, 9.17) is 10.2 Å². The van der Waals surface area contributed by atoms with E-state index in [2.05, 4.69) is 33.8 Å². The Bertz CT molecular complexity index is 1060. The van der Waals surface area contributed by atoms with Crippen molar-refractivity contribution in [3.05, 3.63) is 95.7 Å². The Hall–Kier alpha value is -3.45. The number of hydrogen-bond donors (Lipinski definition) is 0. The molecule has 0 fully saturated rings. The lowest BCUT2D eigenvalue weighted by atomic mass is 10.1. The molecule has 4 heteroatoms. The maximum absolute atomic E-state index is 8.90. The third kappa shape index (κ3) is 3.26. The molecule has 0 radical (unpaired) electrons. The molecule has 0 amide bonds. The molecule has 2 heterocycles. The van der Waals surface area contributed by atoms with E-state index >= 15 is 0 Å². The number of benzene rings is 2. The molecule has 0 aliphatic heterocycles. The lowest BCUT2D eigenvalue weighted by Crippen LogP contribution is -2.06. The Morgan fingerprint density at radius 1 is 0.960 bits per heavy atom. The van der Waals surface area contributed by atoms with Gasteiger partial charge in [0.05, 0.1) is 17.1 Å². The third-order valence-corrected chi connectivity index (χ3v) is 4.23. The number of nitriles is 1. The van der Waals surface area contributed by atoms with E-state index < -0.39 is 0 Å². The molecule has 0 N–H and O–H groups in total. The van der Waals surface area contributed by atoms with Crippen LogP contribution in [0.15, 0.2) is 73.1 Å². The fourth-order valence-electron chi connectivity index (χ4n) is 2.90. The molecular formula is C21H16N4. The number of pyridine rings is 1. The summed E-state index contributed by atoms with van der Waals surface area (Å²) in [7, 11) is 0. The van der Waals surface area contributed by atoms with Crippen LogP contribution in [0.2, 0.25) is 0 Å². The SMILES string of the molecule is N#Cc1ccc(Cn2ccnc2Cc2ccc3ccccc3n2)cc1. The van der Waals surface area contributed by atoms with E-state index in [0.717, 1.165) is 34.5 Å². The van der Waals surface area contributed by atoms with E-state index in [1.807, 2.05) is 54.9 Å². The van der Waals surface area contributed by atoms with Crippen LogP contribution in [0.1, 0.15) is 22.6 Å². The standard InChI is InChI=1S/C21H16N4/c22-14-16-5-7-17(8-6-16)15-25-12-11-23-21(25)13-19-10-9-18-3-1-2-4-20(18)24-19/h1-12H,13,15H2. The van der Waals surface area contributed by atoms with Gasteiger partial charge in [-0.25, -0.2) is 4.98 Å². The van der Waals surface area contributed by atoms with Gasteiger partial charge in [0, 0.05) is 36.4 Å². The van der Waals surface area contributed by atoms with Crippen molar-refractivity contribution in [3.8, 4) is 6.07 Å². The van der Waals surface area contributed by atoms with Crippen LogP contribution in [0.4, 0.5) is 0 Å². The number of para-hydroxylation sites is 1. The molecule has 0 atom stereocenters. The highest BCUT2D eigenvalue weighted by molar-refractivity contribution is 5.78. The quantitative estimate of drug-likeness (QED) is 0.571. The smallest absolute Gasteiger partial charge is 0.114 e. The Balaban J connectivity index is 1.57. The number of imidazole rings is 1. The summed E-state index contributed by atoms with van der Waals surface area (Å²) in [6.07, 6.45) is 4.49. The van der Waals surface area contributed by atoms with Crippen molar-refractivity contribution in [2.75, 3.05) is 0 Å². The maximum atomic E-state index is 8.90. The Morgan fingerprint density at radius 3 is 2.64 bits per heavy atom. The average molecular weight is 324 g/mol. The number of fused-ring (bicyclic) bond motifs is 1. The zero-order valence-corrected chi connectivity index (χ0v) is 13.6. The van der Waals surface area contributed by atoms with E-state index in [9.17, 15) is 0 Å². The fraction of sp³-hybridized carbons (Fsp3) is 0.0952. The first-order valence-electron chi connectivity index (χ1n) is 8.15. The van der Waals surface area contributed by atoms with Crippen molar-refractivity contribution in [2.24, 2.45) is 0 Å². The van der Waals surface area contributed by atoms with Crippen LogP contribution >= 0.6 is 0 Å². The van der Waals surface area contributed by atoms with Crippen molar-refractivity contribution >= 4 is 10.9 Å². The minimum Gasteiger partial charge on any atom is -0.330 e. The van der Waals surface area contributed by atoms with Gasteiger partial charge in [0.15, 0.2) is 0 Å². The van der Waals surface area contributed by atoms with Gasteiger partial charge in [-0.05, 0) is 29.8 Å². The Labute approximate surface area is 146 Å². The highest BCUT2D eigenvalue weighted by Gasteiger charge is 2.07. The first-order chi connectivity index (χ1) is 12.3. The molecule has 0 saturated heterocycles. The molecule has 4 nitrogen and oxygen atoms in total. The van der Waals surface area contributed by atoms with Gasteiger partial charge < -0.3 is 4.57 Å². The van der Waals surface area contributed by atoms with Crippen LogP contribution in [0.3, 0.4) is 0 Å². The van der Waals surface area contributed by atoms with Crippen molar-refractivity contribution < 1.29 is 0 Å². The molecule has 0 saturated carbocycles. The van der Waals surface area contributed by atoms with Crippen LogP contribution in [0.25, 0.3) is 10.9 Å². The molecule has 2 aromatic carbocycles. The largest absolute Gasteiger partial charge is 0.330 e. The van der Waals surface area contributed by atoms with Crippen molar-refractivity contribution in [1.82, 2.24) is 14.5 Å². The summed E-state index contributed by atoms with van der Waals surface area (Å²) in [5.74, 6) is 0.979. The molecule has 4 rings (SSSR count). The molecular weight excluding hydrogens is 308 g/mol. The van der Waals surface area contributed by atoms with E-state index in [-0.39, 0.29) is 0 Å². The predicted octanol–water partition coefficient (Wildman–Crippen LogP) is 3.94. The second-order valence-electron chi connectivity index (χ2n) is 5.95. The highest BCUT2D eigenvalue weighted by atomic mass is 15.1. The van der Waals surface area contributed by atoms with Crippen LogP contribution in [-0.2, 0) is 13.0 Å². The number of rotatable bonds is 4. The van der Waals surface area contributed by atoms with Gasteiger partial charge in [0.25, 0.3) is 0 Å². The minimum absolute atomic E-state index is 0.676. The fourth-order valence-corrected chi connectivity index (χ4v) is 2.90. The molecule has 2 aromatic heterocycles. The normalized spacial score (nSPS) is 10.7. The number of nitrogens with zero attached hydrogens (tertiary/aromatic N) is 4. The zero-order valence-electron chi connectivity index (χ0n) is 13.6. The predicted molar refractivity (Wildman–Crippen MR) is 97.0 cm³/mol. The second kappa shape index (κ2) is 6.58. The minimum atomic E-state index is 0.676. The van der Waals surface area contributed by atoms with Gasteiger partial charge in [0.1, 0.15) is 5.82 Å². The number of hydrogen-bond acceptors (Lipinski definition) is 3. The van der Waals surface area contributed by atoms with Crippen LogP contribution in [-0.4, -0.2) is 14.5 Å². The van der Waals surface area contributed by atoms with E-state index in [1.54, 1.807) is 0 Å². The topological polar surface area (TPSA) is 54.5 Å². The molecule has 25 heavy (non-hydrogen) atoms. The first kappa shape index (κ1) is 15.1. The van der Waals surface area contributed by atoms with Crippen molar-refractivity contribution in [3.63, 3.8) is 0 Å². The van der Waals surface area contributed by atoms with E-state index in [1.165, 1.54) is 0 Å². The summed E-state index contributed by atoms with van der Waals surface area (Å²) in [6, 6.07) is 22.1. The number of aromatic nitrogens is 3. The van der Waals surface area contributed by atoms with Crippen molar-refractivity contribution in [2.45, 2.75) is 13.0 Å². The lowest BCUT2D eigenvalue weighted by Gasteiger charge is -2.08. The second-order valence-corrected chi connectivity index (χ2v) is 5.95. The summed E-state index contributed by atoms with van der Waals surface area (Å²) < 4.78 is 2.12. The van der Waals surface area contributed by atoms with Crippen LogP contribution < -0.4 is 0 Å². The zero-order chi connectivity index (χ0) is 17.1. The van der Waals surface area contributed by atoms with Crippen LogP contribution in [0.5, 0.6) is 0 Å². The van der Waals surface area contributed by atoms with Gasteiger partial charge in [-0.15, -0.1) is 0 Å². The first-order valence-corrected chi connectivity index (χ1v) is 8.15. The van der Waals surface area contributed by atoms with Crippen molar-refractivity contribution in [1.29, 1.82) is 5.26 Å². The Morgan fingerprint density at radius 2 is 1.80 bits per heavy atom. The van der Waals surface area contributed by atoms with Gasteiger partial charge in [-0.2, -0.15) is 5.26 Å². The lowest BCUT2D eigenvalue weighted by molar-refractivity contribution is 0.736. The van der Waals surface area contributed by atoms with Gasteiger partial charge in [-0.1, -0.05) is 36.4 Å². The summed E-state index contributed by atoms with van der Waals surface area (Å²) in [5.41, 5.74) is 3.83. The van der Waals surface area contributed by atoms with Gasteiger partial charge in [0.2, 0.25) is 0 Å². The molecule has 0 spiro atoms. The summed E-state index contributed by atoms with van der Waals surface area (Å²) in [6.45, 7) is 0.731. The molecule has 0 aliphatic carbocycles. The molecule has 4 aromatic rings. The monoisotopic (exact) mass is 324 g/mol. The summed E-state index contributed by atoms with van der Waals surface area (Å²) >= 11 is 0. The highest BCUT2D eigenvalue weighted by Crippen LogP contribution is 2.15. The molecule has 0 aliphatic rings. The summed E-state index contributed by atoms with van der Waals surface area (Å²) in [4.78, 5) is 9.22. The van der Waals surface area contributed by atoms with Gasteiger partial charge in [-0.3, -0.25) is 4.98 Å². The average Bonchev–Trinajstić information content (AvgIpc) is 3.09.